The van der Waals surface area contributed by atoms with Crippen LogP contribution >= 0.6 is 0 Å². The standard InChI is InChI=1S/C27H41NO4/c1-18(2)22-14-13-19(3)15-23(22)25(21-11-9-8-10-12-21)24(16-20(4)26(30)31)28(17-29)32-27(5,6)7/h8-12,16-19,22-25H,13-15H2,1-7H3,(H,30,31)/b20-16+/t19-,22+,23-,24?,25?/m1/s1. The summed E-state index contributed by atoms with van der Waals surface area (Å²) in [6, 6.07) is 9.68. The average molecular weight is 444 g/mol. The Morgan fingerprint density at radius 3 is 2.28 bits per heavy atom. The predicted octanol–water partition coefficient (Wildman–Crippen LogP) is 6.07. The number of carbonyl (C=O) groups excluding carboxylic acids is 1. The van der Waals surface area contributed by atoms with Crippen molar-refractivity contribution < 1.29 is 19.5 Å². The Morgan fingerprint density at radius 1 is 1.16 bits per heavy atom. The third-order valence-corrected chi connectivity index (χ3v) is 6.62. The molecule has 1 aromatic carbocycles. The molecule has 0 heterocycles. The zero-order valence-corrected chi connectivity index (χ0v) is 20.7. The Kier molecular flexibility index (Phi) is 9.08. The van der Waals surface area contributed by atoms with Gasteiger partial charge in [0.25, 0.3) is 0 Å². The number of carboxylic acid groups (broad SMARTS) is 1. The zero-order chi connectivity index (χ0) is 24.1. The molecule has 178 valence electrons. The van der Waals surface area contributed by atoms with Gasteiger partial charge in [-0.1, -0.05) is 57.5 Å². The minimum atomic E-state index is -0.985. The molecule has 1 aliphatic carbocycles. The number of benzene rings is 1. The molecular formula is C27H41NO4. The summed E-state index contributed by atoms with van der Waals surface area (Å²) in [5.74, 6) is 0.807. The van der Waals surface area contributed by atoms with Crippen molar-refractivity contribution in [3.8, 4) is 0 Å². The fourth-order valence-corrected chi connectivity index (χ4v) is 5.19. The third kappa shape index (κ3) is 6.93. The van der Waals surface area contributed by atoms with Gasteiger partial charge in [0.05, 0.1) is 11.6 Å². The summed E-state index contributed by atoms with van der Waals surface area (Å²) in [5.41, 5.74) is 0.731. The molecule has 0 aliphatic heterocycles. The third-order valence-electron chi connectivity index (χ3n) is 6.62. The second-order valence-electron chi connectivity index (χ2n) is 10.7. The largest absolute Gasteiger partial charge is 0.478 e. The fourth-order valence-electron chi connectivity index (χ4n) is 5.19. The zero-order valence-electron chi connectivity index (χ0n) is 20.7. The molecule has 5 atom stereocenters. The van der Waals surface area contributed by atoms with Gasteiger partial charge in [0, 0.05) is 11.5 Å². The second-order valence-corrected chi connectivity index (χ2v) is 10.7. The highest BCUT2D eigenvalue weighted by Gasteiger charge is 2.42. The summed E-state index contributed by atoms with van der Waals surface area (Å²) < 4.78 is 0. The van der Waals surface area contributed by atoms with E-state index in [9.17, 15) is 14.7 Å². The number of aliphatic carboxylic acids is 1. The summed E-state index contributed by atoms with van der Waals surface area (Å²) in [5, 5.41) is 11.0. The van der Waals surface area contributed by atoms with Gasteiger partial charge in [0.15, 0.2) is 0 Å². The van der Waals surface area contributed by atoms with Crippen LogP contribution in [-0.4, -0.2) is 34.2 Å². The van der Waals surface area contributed by atoms with E-state index >= 15 is 0 Å². The molecule has 1 fully saturated rings. The van der Waals surface area contributed by atoms with E-state index in [2.05, 4.69) is 32.9 Å². The highest BCUT2D eigenvalue weighted by atomic mass is 16.7. The lowest BCUT2D eigenvalue weighted by Gasteiger charge is -2.46. The molecule has 1 aromatic rings. The van der Waals surface area contributed by atoms with Crippen LogP contribution in [0.15, 0.2) is 42.0 Å². The van der Waals surface area contributed by atoms with Crippen molar-refractivity contribution in [2.45, 2.75) is 85.3 Å². The topological polar surface area (TPSA) is 66.8 Å². The minimum absolute atomic E-state index is 0.0757. The number of carbonyl (C=O) groups is 2. The summed E-state index contributed by atoms with van der Waals surface area (Å²) in [4.78, 5) is 30.1. The van der Waals surface area contributed by atoms with Crippen molar-refractivity contribution in [2.24, 2.45) is 23.7 Å². The highest BCUT2D eigenvalue weighted by molar-refractivity contribution is 5.86. The Morgan fingerprint density at radius 2 is 1.78 bits per heavy atom. The van der Waals surface area contributed by atoms with Crippen LogP contribution in [0.2, 0.25) is 0 Å². The summed E-state index contributed by atoms with van der Waals surface area (Å²) >= 11 is 0. The summed E-state index contributed by atoms with van der Waals surface area (Å²) in [6.45, 7) is 14.1. The second kappa shape index (κ2) is 11.1. The van der Waals surface area contributed by atoms with Gasteiger partial charge in [-0.05, 0) is 75.8 Å². The van der Waals surface area contributed by atoms with Crippen molar-refractivity contribution >= 4 is 12.4 Å². The Balaban J connectivity index is 2.69. The van der Waals surface area contributed by atoms with Gasteiger partial charge in [-0.3, -0.25) is 9.63 Å². The normalized spacial score (nSPS) is 24.1. The van der Waals surface area contributed by atoms with Crippen LogP contribution in [-0.2, 0) is 14.4 Å². The summed E-state index contributed by atoms with van der Waals surface area (Å²) in [7, 11) is 0. The molecule has 0 spiro atoms. The summed E-state index contributed by atoms with van der Waals surface area (Å²) in [6.07, 6.45) is 5.79. The van der Waals surface area contributed by atoms with E-state index in [1.165, 1.54) is 11.5 Å². The number of rotatable bonds is 9. The van der Waals surface area contributed by atoms with Crippen molar-refractivity contribution in [1.82, 2.24) is 5.06 Å². The molecule has 1 saturated carbocycles. The first kappa shape index (κ1) is 26.1. The number of hydrogen-bond acceptors (Lipinski definition) is 3. The minimum Gasteiger partial charge on any atom is -0.478 e. The fraction of sp³-hybridized carbons (Fsp3) is 0.630. The maximum atomic E-state index is 12.3. The van der Waals surface area contributed by atoms with Gasteiger partial charge in [0.2, 0.25) is 6.41 Å². The number of hydroxylamine groups is 2. The number of hydrogen-bond donors (Lipinski definition) is 1. The molecule has 32 heavy (non-hydrogen) atoms. The van der Waals surface area contributed by atoms with Crippen LogP contribution in [0.1, 0.15) is 79.2 Å². The molecule has 2 unspecified atom stereocenters. The number of nitrogens with zero attached hydrogens (tertiary/aromatic N) is 1. The Labute approximate surface area is 193 Å². The van der Waals surface area contributed by atoms with Crippen LogP contribution in [0.4, 0.5) is 0 Å². The van der Waals surface area contributed by atoms with Crippen molar-refractivity contribution in [1.29, 1.82) is 0 Å². The lowest BCUT2D eigenvalue weighted by atomic mass is 9.62. The first-order chi connectivity index (χ1) is 14.9. The van der Waals surface area contributed by atoms with Crippen LogP contribution < -0.4 is 0 Å². The quantitative estimate of drug-likeness (QED) is 0.286. The van der Waals surface area contributed by atoms with Crippen molar-refractivity contribution in [3.05, 3.63) is 47.5 Å². The van der Waals surface area contributed by atoms with Crippen LogP contribution in [0.5, 0.6) is 0 Å². The highest BCUT2D eigenvalue weighted by Crippen LogP contribution is 2.48. The van der Waals surface area contributed by atoms with Crippen LogP contribution in [0.3, 0.4) is 0 Å². The first-order valence-corrected chi connectivity index (χ1v) is 11.8. The van der Waals surface area contributed by atoms with Crippen LogP contribution in [0, 0.1) is 23.7 Å². The van der Waals surface area contributed by atoms with Gasteiger partial charge in [0.1, 0.15) is 0 Å². The lowest BCUT2D eigenvalue weighted by Crippen LogP contribution is -2.47. The lowest BCUT2D eigenvalue weighted by molar-refractivity contribution is -0.231. The molecule has 1 aliphatic rings. The molecule has 0 bridgehead atoms. The van der Waals surface area contributed by atoms with Gasteiger partial charge < -0.3 is 5.11 Å². The molecule has 2 rings (SSSR count). The van der Waals surface area contributed by atoms with E-state index < -0.39 is 17.6 Å². The van der Waals surface area contributed by atoms with Crippen molar-refractivity contribution in [3.63, 3.8) is 0 Å². The molecule has 0 aromatic heterocycles. The molecular weight excluding hydrogens is 402 g/mol. The smallest absolute Gasteiger partial charge is 0.331 e. The Hall–Kier alpha value is -2.14. The average Bonchev–Trinajstić information content (AvgIpc) is 2.71. The van der Waals surface area contributed by atoms with E-state index in [-0.39, 0.29) is 11.5 Å². The maximum absolute atomic E-state index is 12.3. The van der Waals surface area contributed by atoms with Gasteiger partial charge in [-0.25, -0.2) is 9.86 Å². The van der Waals surface area contributed by atoms with E-state index in [4.69, 9.17) is 4.84 Å². The van der Waals surface area contributed by atoms with E-state index in [0.29, 0.717) is 30.1 Å². The monoisotopic (exact) mass is 443 g/mol. The molecule has 1 amide bonds. The molecule has 0 radical (unpaired) electrons. The van der Waals surface area contributed by atoms with Crippen LogP contribution in [0.25, 0.3) is 0 Å². The SMILES string of the molecule is C/C(=C\C(C(c1ccccc1)[C@@H]1C[C@H](C)CC[C@H]1C(C)C)N(C=O)OC(C)(C)C)C(=O)O. The predicted molar refractivity (Wildman–Crippen MR) is 128 cm³/mol. The van der Waals surface area contributed by atoms with Gasteiger partial charge >= 0.3 is 5.97 Å². The van der Waals surface area contributed by atoms with E-state index in [1.54, 1.807) is 13.0 Å². The van der Waals surface area contributed by atoms with Gasteiger partial charge in [-0.15, -0.1) is 0 Å². The number of carboxylic acids is 1. The maximum Gasteiger partial charge on any atom is 0.331 e. The van der Waals surface area contributed by atoms with E-state index in [0.717, 1.165) is 18.4 Å². The molecule has 0 saturated heterocycles. The molecule has 5 heteroatoms. The van der Waals surface area contributed by atoms with E-state index in [1.807, 2.05) is 39.0 Å². The Bertz CT molecular complexity index is 781. The first-order valence-electron chi connectivity index (χ1n) is 11.8. The van der Waals surface area contributed by atoms with Crippen molar-refractivity contribution in [2.75, 3.05) is 0 Å². The molecule has 5 nitrogen and oxygen atoms in total. The number of amides is 1. The molecule has 1 N–H and O–H groups in total. The van der Waals surface area contributed by atoms with Gasteiger partial charge in [-0.2, -0.15) is 0 Å².